The number of aliphatic hydroxyl groups excluding tert-OH is 1. The highest BCUT2D eigenvalue weighted by Crippen LogP contribution is 2.16. The van der Waals surface area contributed by atoms with Crippen molar-refractivity contribution >= 4 is 0 Å². The van der Waals surface area contributed by atoms with Crippen molar-refractivity contribution in [2.45, 2.75) is 6.42 Å². The van der Waals surface area contributed by atoms with Gasteiger partial charge in [0, 0.05) is 12.5 Å². The van der Waals surface area contributed by atoms with E-state index in [0.717, 1.165) is 6.42 Å². The van der Waals surface area contributed by atoms with E-state index in [-0.39, 0.29) is 18.4 Å². The van der Waals surface area contributed by atoms with E-state index in [4.69, 9.17) is 5.11 Å². The molecule has 2 heteroatoms. The summed E-state index contributed by atoms with van der Waals surface area (Å²) in [6.07, 6.45) is 5.35. The van der Waals surface area contributed by atoms with Crippen LogP contribution in [0.25, 0.3) is 0 Å². The molecule has 1 atom stereocenters. The van der Waals surface area contributed by atoms with Gasteiger partial charge in [0.1, 0.15) is 5.83 Å². The molecule has 0 spiro atoms. The van der Waals surface area contributed by atoms with Crippen LogP contribution >= 0.6 is 0 Å². The van der Waals surface area contributed by atoms with Crippen LogP contribution in [0.5, 0.6) is 0 Å². The van der Waals surface area contributed by atoms with Crippen LogP contribution in [0.3, 0.4) is 0 Å². The van der Waals surface area contributed by atoms with Crippen LogP contribution in [-0.2, 0) is 0 Å². The summed E-state index contributed by atoms with van der Waals surface area (Å²) in [5.41, 5.74) is 0. The molecular formula is C7H9FO. The molecule has 1 aliphatic rings. The molecule has 1 aliphatic carbocycles. The Morgan fingerprint density at radius 2 is 2.56 bits per heavy atom. The molecule has 0 aromatic rings. The highest BCUT2D eigenvalue weighted by molar-refractivity contribution is 5.17. The monoisotopic (exact) mass is 128 g/mol. The number of halogens is 1. The number of hydrogen-bond acceptors (Lipinski definition) is 1. The van der Waals surface area contributed by atoms with Crippen LogP contribution in [0.15, 0.2) is 24.1 Å². The van der Waals surface area contributed by atoms with Gasteiger partial charge in [-0.25, -0.2) is 4.39 Å². The minimum absolute atomic E-state index is 0.00463. The molecule has 0 unspecified atom stereocenters. The van der Waals surface area contributed by atoms with Gasteiger partial charge in [0.25, 0.3) is 0 Å². The Morgan fingerprint density at radius 3 is 3.00 bits per heavy atom. The fraction of sp³-hybridized carbons (Fsp3) is 0.429. The summed E-state index contributed by atoms with van der Waals surface area (Å²) in [7, 11) is 0. The van der Waals surface area contributed by atoms with E-state index >= 15 is 0 Å². The molecule has 0 saturated heterocycles. The molecule has 9 heavy (non-hydrogen) atoms. The van der Waals surface area contributed by atoms with Crippen molar-refractivity contribution in [1.82, 2.24) is 0 Å². The summed E-state index contributed by atoms with van der Waals surface area (Å²) in [6, 6.07) is 0. The van der Waals surface area contributed by atoms with Crippen molar-refractivity contribution < 1.29 is 9.50 Å². The molecule has 0 aromatic carbocycles. The largest absolute Gasteiger partial charge is 0.396 e. The Labute approximate surface area is 53.5 Å². The molecule has 1 N–H and O–H groups in total. The van der Waals surface area contributed by atoms with Gasteiger partial charge in [-0.15, -0.1) is 0 Å². The van der Waals surface area contributed by atoms with E-state index in [2.05, 4.69) is 0 Å². The summed E-state index contributed by atoms with van der Waals surface area (Å²) in [5, 5.41) is 8.56. The zero-order valence-corrected chi connectivity index (χ0v) is 5.05. The van der Waals surface area contributed by atoms with Gasteiger partial charge in [-0.3, -0.25) is 0 Å². The normalized spacial score (nSPS) is 26.0. The standard InChI is InChI=1S/C7H9FO/c8-7-3-1-2-6(4-7)5-9/h1,3-4,6,9H,2,5H2/t6-/m1/s1. The second-order valence-corrected chi connectivity index (χ2v) is 2.13. The minimum Gasteiger partial charge on any atom is -0.396 e. The van der Waals surface area contributed by atoms with Crippen LogP contribution in [-0.4, -0.2) is 11.7 Å². The Morgan fingerprint density at radius 1 is 1.78 bits per heavy atom. The first-order chi connectivity index (χ1) is 4.33. The van der Waals surface area contributed by atoms with Gasteiger partial charge in [0.2, 0.25) is 0 Å². The quantitative estimate of drug-likeness (QED) is 0.566. The zero-order chi connectivity index (χ0) is 6.69. The zero-order valence-electron chi connectivity index (χ0n) is 5.05. The average Bonchev–Trinajstić information content (AvgIpc) is 1.88. The van der Waals surface area contributed by atoms with Crippen LogP contribution in [0.4, 0.5) is 4.39 Å². The van der Waals surface area contributed by atoms with Gasteiger partial charge >= 0.3 is 0 Å². The molecule has 0 aromatic heterocycles. The molecular weight excluding hydrogens is 119 g/mol. The number of hydrogen-bond donors (Lipinski definition) is 1. The van der Waals surface area contributed by atoms with Crippen LogP contribution in [0, 0.1) is 5.92 Å². The summed E-state index contributed by atoms with van der Waals surface area (Å²) >= 11 is 0. The van der Waals surface area contributed by atoms with E-state index in [1.807, 2.05) is 0 Å². The number of allylic oxidation sites excluding steroid dienone is 3. The lowest BCUT2D eigenvalue weighted by Crippen LogP contribution is -2.03. The van der Waals surface area contributed by atoms with Crippen molar-refractivity contribution in [2.75, 3.05) is 6.61 Å². The molecule has 0 bridgehead atoms. The van der Waals surface area contributed by atoms with Gasteiger partial charge in [0.15, 0.2) is 0 Å². The van der Waals surface area contributed by atoms with Gasteiger partial charge in [-0.2, -0.15) is 0 Å². The van der Waals surface area contributed by atoms with Crippen molar-refractivity contribution in [3.8, 4) is 0 Å². The van der Waals surface area contributed by atoms with Gasteiger partial charge in [0.05, 0.1) is 0 Å². The highest BCUT2D eigenvalue weighted by atomic mass is 19.1. The Kier molecular flexibility index (Phi) is 2.01. The maximum Gasteiger partial charge on any atom is 0.119 e. The third-order valence-electron chi connectivity index (χ3n) is 1.35. The maximum atomic E-state index is 12.3. The first kappa shape index (κ1) is 6.49. The maximum absolute atomic E-state index is 12.3. The van der Waals surface area contributed by atoms with Crippen LogP contribution in [0.2, 0.25) is 0 Å². The van der Waals surface area contributed by atoms with Crippen LogP contribution in [0.1, 0.15) is 6.42 Å². The molecule has 1 rings (SSSR count). The highest BCUT2D eigenvalue weighted by Gasteiger charge is 2.06. The molecule has 1 nitrogen and oxygen atoms in total. The number of rotatable bonds is 1. The Balaban J connectivity index is 2.55. The fourth-order valence-electron chi connectivity index (χ4n) is 0.831. The van der Waals surface area contributed by atoms with Crippen molar-refractivity contribution in [1.29, 1.82) is 0 Å². The minimum atomic E-state index is -0.236. The van der Waals surface area contributed by atoms with E-state index in [9.17, 15) is 4.39 Å². The lowest BCUT2D eigenvalue weighted by Gasteiger charge is -2.08. The predicted molar refractivity (Wildman–Crippen MR) is 33.5 cm³/mol. The second kappa shape index (κ2) is 2.78. The first-order valence-electron chi connectivity index (χ1n) is 2.97. The molecule has 0 saturated carbocycles. The van der Waals surface area contributed by atoms with E-state index in [1.165, 1.54) is 12.2 Å². The van der Waals surface area contributed by atoms with Crippen LogP contribution < -0.4 is 0 Å². The molecule has 0 radical (unpaired) electrons. The summed E-state index contributed by atoms with van der Waals surface area (Å²) < 4.78 is 12.3. The SMILES string of the molecule is OC[C@H]1C=C(F)C=CC1. The third-order valence-corrected chi connectivity index (χ3v) is 1.35. The third kappa shape index (κ3) is 1.64. The fourth-order valence-corrected chi connectivity index (χ4v) is 0.831. The molecule has 0 heterocycles. The second-order valence-electron chi connectivity index (χ2n) is 2.13. The number of aliphatic hydroxyl groups is 1. The first-order valence-corrected chi connectivity index (χ1v) is 2.97. The van der Waals surface area contributed by atoms with Gasteiger partial charge < -0.3 is 5.11 Å². The smallest absolute Gasteiger partial charge is 0.119 e. The summed E-state index contributed by atoms with van der Waals surface area (Å²) in [4.78, 5) is 0. The molecule has 50 valence electrons. The van der Waals surface area contributed by atoms with E-state index < -0.39 is 0 Å². The van der Waals surface area contributed by atoms with Gasteiger partial charge in [-0.05, 0) is 18.6 Å². The van der Waals surface area contributed by atoms with E-state index in [1.54, 1.807) is 6.08 Å². The molecule has 0 aliphatic heterocycles. The summed E-state index contributed by atoms with van der Waals surface area (Å²) in [5.74, 6) is -0.240. The van der Waals surface area contributed by atoms with Crippen molar-refractivity contribution in [3.05, 3.63) is 24.1 Å². The van der Waals surface area contributed by atoms with Gasteiger partial charge in [-0.1, -0.05) is 6.08 Å². The van der Waals surface area contributed by atoms with E-state index in [0.29, 0.717) is 0 Å². The van der Waals surface area contributed by atoms with Crippen molar-refractivity contribution in [3.63, 3.8) is 0 Å². The lowest BCUT2D eigenvalue weighted by molar-refractivity contribution is 0.251. The predicted octanol–water partition coefficient (Wildman–Crippen LogP) is 1.41. The Hall–Kier alpha value is -0.630. The Bertz CT molecular complexity index is 149. The molecule has 0 amide bonds. The average molecular weight is 128 g/mol. The van der Waals surface area contributed by atoms with Crippen molar-refractivity contribution in [2.24, 2.45) is 5.92 Å². The summed E-state index contributed by atoms with van der Waals surface area (Å²) in [6.45, 7) is 0.0394. The molecule has 0 fully saturated rings. The lowest BCUT2D eigenvalue weighted by atomic mass is 10.0. The topological polar surface area (TPSA) is 20.2 Å².